The zero-order valence-electron chi connectivity index (χ0n) is 20.0. The van der Waals surface area contributed by atoms with E-state index in [2.05, 4.69) is 0 Å². The number of esters is 1. The molecule has 0 radical (unpaired) electrons. The van der Waals surface area contributed by atoms with Gasteiger partial charge in [-0.3, -0.25) is 4.90 Å². The lowest BCUT2D eigenvalue weighted by Crippen LogP contribution is -2.55. The van der Waals surface area contributed by atoms with Crippen LogP contribution in [0.4, 0.5) is 4.79 Å². The number of morpholine rings is 1. The van der Waals surface area contributed by atoms with E-state index >= 15 is 0 Å². The molecule has 0 aromatic heterocycles. The maximum absolute atomic E-state index is 13.6. The van der Waals surface area contributed by atoms with Gasteiger partial charge >= 0.3 is 12.1 Å². The fourth-order valence-electron chi connectivity index (χ4n) is 3.70. The van der Waals surface area contributed by atoms with Crippen molar-refractivity contribution in [3.05, 3.63) is 71.8 Å². The zero-order chi connectivity index (χ0) is 23.8. The first-order valence-electron chi connectivity index (χ1n) is 11.5. The molecule has 2 aromatic carbocycles. The Bertz CT molecular complexity index is 989. The Morgan fingerprint density at radius 3 is 2.23 bits per heavy atom. The van der Waals surface area contributed by atoms with Gasteiger partial charge in [-0.2, -0.15) is 0 Å². The number of carbonyl (C=O) groups is 2. The summed E-state index contributed by atoms with van der Waals surface area (Å²) in [5.41, 5.74) is 0.588. The Hall–Kier alpha value is -2.86. The molecule has 2 saturated heterocycles. The van der Waals surface area contributed by atoms with Crippen LogP contribution in [0, 0.1) is 0 Å². The first kappa shape index (κ1) is 18.9. The van der Waals surface area contributed by atoms with Gasteiger partial charge < -0.3 is 14.2 Å². The maximum Gasteiger partial charge on any atom is 0.411 e. The topological polar surface area (TPSA) is 68.4 Å². The van der Waals surface area contributed by atoms with Crippen molar-refractivity contribution in [3.8, 4) is 0 Å². The van der Waals surface area contributed by atoms with Crippen LogP contribution in [0.2, 0.25) is 0 Å². The van der Waals surface area contributed by atoms with Crippen LogP contribution in [0.1, 0.15) is 59.6 Å². The highest BCUT2D eigenvalue weighted by molar-refractivity contribution is 5.83. The third kappa shape index (κ3) is 5.07. The number of benzene rings is 2. The minimum atomic E-state index is -2.08. The molecular formula is C25H29NO5. The van der Waals surface area contributed by atoms with E-state index in [4.69, 9.17) is 17.0 Å². The number of hydrogen-bond acceptors (Lipinski definition) is 5. The van der Waals surface area contributed by atoms with Crippen molar-refractivity contribution in [1.82, 2.24) is 4.90 Å². The molecule has 2 fully saturated rings. The molecule has 31 heavy (non-hydrogen) atoms. The van der Waals surface area contributed by atoms with Crippen molar-refractivity contribution >= 4 is 12.1 Å². The van der Waals surface area contributed by atoms with Gasteiger partial charge in [-0.25, -0.2) is 9.59 Å². The second-order valence-electron chi connectivity index (χ2n) is 8.78. The highest BCUT2D eigenvalue weighted by Crippen LogP contribution is 2.43. The average molecular weight is 426 g/mol. The van der Waals surface area contributed by atoms with E-state index < -0.39 is 42.2 Å². The van der Waals surface area contributed by atoms with Gasteiger partial charge in [-0.05, 0) is 44.7 Å². The van der Waals surface area contributed by atoms with Gasteiger partial charge in [0.15, 0.2) is 6.10 Å². The van der Waals surface area contributed by atoms with Gasteiger partial charge in [0.05, 0.1) is 12.7 Å². The maximum atomic E-state index is 13.6. The summed E-state index contributed by atoms with van der Waals surface area (Å²) in [7, 11) is 0. The van der Waals surface area contributed by atoms with E-state index in [1.165, 1.54) is 4.90 Å². The number of rotatable bonds is 5. The van der Waals surface area contributed by atoms with Crippen LogP contribution in [0.3, 0.4) is 0 Å². The molecule has 6 heteroatoms. The molecule has 4 atom stereocenters. The fourth-order valence-corrected chi connectivity index (χ4v) is 3.70. The molecule has 4 rings (SSSR count). The number of amides is 1. The molecule has 0 saturated carbocycles. The van der Waals surface area contributed by atoms with Crippen molar-refractivity contribution in [2.45, 2.75) is 63.5 Å². The molecule has 0 bridgehead atoms. The lowest BCUT2D eigenvalue weighted by Gasteiger charge is -2.45. The Kier molecular flexibility index (Phi) is 5.30. The van der Waals surface area contributed by atoms with Crippen LogP contribution < -0.4 is 0 Å². The van der Waals surface area contributed by atoms with Crippen LogP contribution in [0.25, 0.3) is 0 Å². The second-order valence-corrected chi connectivity index (χ2v) is 8.78. The van der Waals surface area contributed by atoms with E-state index in [9.17, 15) is 9.59 Å². The molecule has 2 heterocycles. The molecule has 2 aliphatic rings. The minimum Gasteiger partial charge on any atom is -0.453 e. The van der Waals surface area contributed by atoms with E-state index in [1.54, 1.807) is 20.8 Å². The molecule has 2 aromatic rings. The number of cyclic esters (lactones) is 1. The van der Waals surface area contributed by atoms with Crippen LogP contribution in [-0.4, -0.2) is 41.3 Å². The molecule has 164 valence electrons. The monoisotopic (exact) mass is 425 g/mol. The highest BCUT2D eigenvalue weighted by atomic mass is 16.6. The van der Waals surface area contributed by atoms with Crippen LogP contribution >= 0.6 is 0 Å². The Labute approximate surface area is 185 Å². The van der Waals surface area contributed by atoms with Crippen LogP contribution in [0.5, 0.6) is 0 Å². The van der Waals surface area contributed by atoms with E-state index in [0.717, 1.165) is 0 Å². The SMILES string of the molecule is [2H]C([2H])(C[C@H]1CO1)C1C(=O)O[C@H](c2ccccc2)[C@H](c2ccccc2)N1C(=O)OC(C)(C)C. The third-order valence-corrected chi connectivity index (χ3v) is 5.15. The molecular weight excluding hydrogens is 394 g/mol. The first-order chi connectivity index (χ1) is 15.6. The largest absolute Gasteiger partial charge is 0.453 e. The summed E-state index contributed by atoms with van der Waals surface area (Å²) < 4.78 is 34.3. The van der Waals surface area contributed by atoms with Gasteiger partial charge in [0.2, 0.25) is 0 Å². The predicted octanol–water partition coefficient (Wildman–Crippen LogP) is 4.81. The number of carbonyl (C=O) groups excluding carboxylic acids is 2. The molecule has 0 spiro atoms. The quantitative estimate of drug-likeness (QED) is 0.508. The number of nitrogens with zero attached hydrogens (tertiary/aromatic N) is 1. The van der Waals surface area contributed by atoms with Crippen LogP contribution in [-0.2, 0) is 19.0 Å². The van der Waals surface area contributed by atoms with Crippen molar-refractivity contribution in [3.63, 3.8) is 0 Å². The summed E-state index contributed by atoms with van der Waals surface area (Å²) in [5, 5.41) is 0. The van der Waals surface area contributed by atoms with E-state index in [-0.39, 0.29) is 12.5 Å². The summed E-state index contributed by atoms with van der Waals surface area (Å²) in [4.78, 5) is 28.2. The predicted molar refractivity (Wildman–Crippen MR) is 115 cm³/mol. The van der Waals surface area contributed by atoms with Gasteiger partial charge in [-0.15, -0.1) is 0 Å². The summed E-state index contributed by atoms with van der Waals surface area (Å²) in [6.07, 6.45) is -3.97. The molecule has 6 nitrogen and oxygen atoms in total. The summed E-state index contributed by atoms with van der Waals surface area (Å²) >= 11 is 0. The van der Waals surface area contributed by atoms with E-state index in [0.29, 0.717) is 17.7 Å². The minimum absolute atomic E-state index is 0.0242. The molecule has 2 aliphatic heterocycles. The average Bonchev–Trinajstić information content (AvgIpc) is 3.56. The van der Waals surface area contributed by atoms with Gasteiger partial charge in [0, 0.05) is 2.74 Å². The number of hydrogen-bond donors (Lipinski definition) is 0. The zero-order valence-corrected chi connectivity index (χ0v) is 18.0. The fraction of sp³-hybridized carbons (Fsp3) is 0.440. The van der Waals surface area contributed by atoms with E-state index in [1.807, 2.05) is 60.7 Å². The lowest BCUT2D eigenvalue weighted by molar-refractivity contribution is -0.174. The van der Waals surface area contributed by atoms with Crippen LogP contribution in [0.15, 0.2) is 60.7 Å². The molecule has 1 amide bonds. The Morgan fingerprint density at radius 1 is 1.10 bits per heavy atom. The Balaban J connectivity index is 1.85. The molecule has 1 unspecified atom stereocenters. The lowest BCUT2D eigenvalue weighted by atomic mass is 9.90. The standard InChI is InChI=1S/C25H29NO5/c1-25(2,3)31-24(28)26-20(15-14-19-16-29-19)23(27)30-22(18-12-8-5-9-13-18)21(26)17-10-6-4-7-11-17/h4-13,19-22H,14-16H2,1-3H3/t19-,20?,21-,22+/m0/s1/i15D2. The normalized spacial score (nSPS) is 27.1. The summed E-state index contributed by atoms with van der Waals surface area (Å²) in [5.74, 6) is -0.799. The molecule has 0 N–H and O–H groups in total. The van der Waals surface area contributed by atoms with Gasteiger partial charge in [0.25, 0.3) is 0 Å². The summed E-state index contributed by atoms with van der Waals surface area (Å²) in [6, 6.07) is 16.1. The first-order valence-corrected chi connectivity index (χ1v) is 10.5. The van der Waals surface area contributed by atoms with Gasteiger partial charge in [0.1, 0.15) is 17.7 Å². The summed E-state index contributed by atoms with van der Waals surface area (Å²) in [6.45, 7) is 5.64. The van der Waals surface area contributed by atoms with Crippen molar-refractivity contribution in [1.29, 1.82) is 0 Å². The smallest absolute Gasteiger partial charge is 0.411 e. The highest BCUT2D eigenvalue weighted by Gasteiger charge is 2.49. The van der Waals surface area contributed by atoms with Gasteiger partial charge in [-0.1, -0.05) is 60.7 Å². The number of epoxide rings is 1. The third-order valence-electron chi connectivity index (χ3n) is 5.15. The molecule has 0 aliphatic carbocycles. The second kappa shape index (κ2) is 8.71. The Morgan fingerprint density at radius 2 is 1.68 bits per heavy atom. The van der Waals surface area contributed by atoms with Crippen molar-refractivity contribution in [2.75, 3.05) is 6.61 Å². The van der Waals surface area contributed by atoms with Crippen molar-refractivity contribution in [2.24, 2.45) is 0 Å². The number of ether oxygens (including phenoxy) is 3. The van der Waals surface area contributed by atoms with Crippen molar-refractivity contribution < 1.29 is 26.5 Å².